The van der Waals surface area contributed by atoms with Crippen molar-refractivity contribution in [3.63, 3.8) is 0 Å². The highest BCUT2D eigenvalue weighted by molar-refractivity contribution is 6.06. The monoisotopic (exact) mass is 360 g/mol. The Labute approximate surface area is 155 Å². The van der Waals surface area contributed by atoms with Crippen LogP contribution in [0.3, 0.4) is 0 Å². The largest absolute Gasteiger partial charge is 0.507 e. The van der Waals surface area contributed by atoms with Crippen molar-refractivity contribution in [2.24, 2.45) is 0 Å². The van der Waals surface area contributed by atoms with Crippen molar-refractivity contribution >= 4 is 22.7 Å². The zero-order valence-electron chi connectivity index (χ0n) is 14.5. The number of carbonyl (C=O) groups is 1. The normalized spacial score (nSPS) is 10.7. The van der Waals surface area contributed by atoms with Crippen molar-refractivity contribution in [3.8, 4) is 23.0 Å². The number of anilines is 1. The molecule has 0 saturated heterocycles. The van der Waals surface area contributed by atoms with E-state index in [2.05, 4.69) is 10.3 Å². The van der Waals surface area contributed by atoms with Crippen LogP contribution in [-0.4, -0.2) is 23.1 Å². The van der Waals surface area contributed by atoms with Crippen LogP contribution < -0.4 is 10.1 Å². The first-order chi connectivity index (χ1) is 13.2. The van der Waals surface area contributed by atoms with Gasteiger partial charge in [-0.05, 0) is 36.4 Å². The SMILES string of the molecule is COc1ccccc1C(=O)Nc1ccc(-c2nc3ccccc3o2)c(O)c1. The summed E-state index contributed by atoms with van der Waals surface area (Å²) in [6.07, 6.45) is 0. The van der Waals surface area contributed by atoms with Gasteiger partial charge < -0.3 is 19.6 Å². The van der Waals surface area contributed by atoms with E-state index in [1.165, 1.54) is 13.2 Å². The van der Waals surface area contributed by atoms with E-state index in [0.29, 0.717) is 39.6 Å². The second-order valence-corrected chi connectivity index (χ2v) is 5.87. The van der Waals surface area contributed by atoms with Crippen LogP contribution in [0, 0.1) is 0 Å². The topological polar surface area (TPSA) is 84.6 Å². The molecule has 134 valence electrons. The molecule has 3 aromatic carbocycles. The average molecular weight is 360 g/mol. The lowest BCUT2D eigenvalue weighted by Crippen LogP contribution is -2.13. The van der Waals surface area contributed by atoms with Gasteiger partial charge in [0.15, 0.2) is 5.58 Å². The van der Waals surface area contributed by atoms with E-state index in [9.17, 15) is 9.90 Å². The van der Waals surface area contributed by atoms with Crippen LogP contribution in [0.15, 0.2) is 71.1 Å². The molecule has 1 heterocycles. The molecule has 0 saturated carbocycles. The van der Waals surface area contributed by atoms with E-state index >= 15 is 0 Å². The molecule has 0 aliphatic rings. The van der Waals surface area contributed by atoms with Crippen LogP contribution >= 0.6 is 0 Å². The predicted octanol–water partition coefficient (Wildman–Crippen LogP) is 4.46. The molecule has 4 rings (SSSR count). The lowest BCUT2D eigenvalue weighted by Gasteiger charge is -2.10. The number of hydrogen-bond acceptors (Lipinski definition) is 5. The number of benzene rings is 3. The van der Waals surface area contributed by atoms with Crippen molar-refractivity contribution in [3.05, 3.63) is 72.3 Å². The Balaban J connectivity index is 1.61. The smallest absolute Gasteiger partial charge is 0.259 e. The fraction of sp³-hybridized carbons (Fsp3) is 0.0476. The van der Waals surface area contributed by atoms with Gasteiger partial charge in [0.25, 0.3) is 5.91 Å². The number of phenols is 1. The summed E-state index contributed by atoms with van der Waals surface area (Å²) in [5, 5.41) is 13.1. The maximum absolute atomic E-state index is 12.5. The molecule has 0 radical (unpaired) electrons. The molecule has 0 atom stereocenters. The van der Waals surface area contributed by atoms with Gasteiger partial charge in [-0.25, -0.2) is 4.98 Å². The number of fused-ring (bicyclic) bond motifs is 1. The predicted molar refractivity (Wildman–Crippen MR) is 102 cm³/mol. The molecule has 0 aliphatic heterocycles. The molecule has 0 aliphatic carbocycles. The third-order valence-electron chi connectivity index (χ3n) is 4.13. The number of aromatic hydroxyl groups is 1. The molecule has 6 heteroatoms. The molecule has 4 aromatic rings. The number of nitrogens with zero attached hydrogens (tertiary/aromatic N) is 1. The van der Waals surface area contributed by atoms with Gasteiger partial charge in [-0.2, -0.15) is 0 Å². The first-order valence-electron chi connectivity index (χ1n) is 8.29. The van der Waals surface area contributed by atoms with Crippen molar-refractivity contribution in [2.45, 2.75) is 0 Å². The number of methoxy groups -OCH3 is 1. The highest BCUT2D eigenvalue weighted by Gasteiger charge is 2.15. The molecule has 0 fully saturated rings. The number of ether oxygens (including phenoxy) is 1. The standard InChI is InChI=1S/C21H16N2O4/c1-26-18-8-4-2-6-15(18)20(25)22-13-10-11-14(17(24)12-13)21-23-16-7-3-5-9-19(16)27-21/h2-12,24H,1H3,(H,22,25). The zero-order chi connectivity index (χ0) is 18.8. The van der Waals surface area contributed by atoms with Gasteiger partial charge in [0.1, 0.15) is 17.0 Å². The van der Waals surface area contributed by atoms with Gasteiger partial charge in [0.2, 0.25) is 5.89 Å². The van der Waals surface area contributed by atoms with Crippen LogP contribution in [0.4, 0.5) is 5.69 Å². The van der Waals surface area contributed by atoms with Crippen LogP contribution in [-0.2, 0) is 0 Å². The summed E-state index contributed by atoms with van der Waals surface area (Å²) in [5.41, 5.74) is 2.65. The lowest BCUT2D eigenvalue weighted by molar-refractivity contribution is 0.102. The van der Waals surface area contributed by atoms with E-state index in [0.717, 1.165) is 0 Å². The van der Waals surface area contributed by atoms with Crippen molar-refractivity contribution in [1.82, 2.24) is 4.98 Å². The number of carbonyl (C=O) groups excluding carboxylic acids is 1. The van der Waals surface area contributed by atoms with Gasteiger partial charge in [-0.3, -0.25) is 4.79 Å². The molecule has 6 nitrogen and oxygen atoms in total. The lowest BCUT2D eigenvalue weighted by atomic mass is 10.1. The number of para-hydroxylation sites is 3. The number of aromatic nitrogens is 1. The number of amides is 1. The zero-order valence-corrected chi connectivity index (χ0v) is 14.5. The molecule has 0 bridgehead atoms. The third kappa shape index (κ3) is 3.20. The molecule has 1 amide bonds. The Morgan fingerprint density at radius 1 is 1.07 bits per heavy atom. The minimum atomic E-state index is -0.332. The third-order valence-corrected chi connectivity index (χ3v) is 4.13. The Morgan fingerprint density at radius 2 is 1.85 bits per heavy atom. The molecule has 0 spiro atoms. The number of hydrogen-bond donors (Lipinski definition) is 2. The Morgan fingerprint density at radius 3 is 2.63 bits per heavy atom. The summed E-state index contributed by atoms with van der Waals surface area (Å²) < 4.78 is 10.9. The molecule has 1 aromatic heterocycles. The highest BCUT2D eigenvalue weighted by atomic mass is 16.5. The summed E-state index contributed by atoms with van der Waals surface area (Å²) in [4.78, 5) is 16.8. The van der Waals surface area contributed by atoms with Gasteiger partial charge in [0, 0.05) is 11.8 Å². The molecular formula is C21H16N2O4. The fourth-order valence-electron chi connectivity index (χ4n) is 2.81. The van der Waals surface area contributed by atoms with Crippen molar-refractivity contribution < 1.29 is 19.1 Å². The first kappa shape index (κ1) is 16.7. The molecule has 0 unspecified atom stereocenters. The van der Waals surface area contributed by atoms with E-state index in [1.54, 1.807) is 36.4 Å². The first-order valence-corrected chi connectivity index (χ1v) is 8.29. The number of rotatable bonds is 4. The minimum absolute atomic E-state index is 0.0422. The summed E-state index contributed by atoms with van der Waals surface area (Å²) in [5.74, 6) is 0.416. The van der Waals surface area contributed by atoms with Gasteiger partial charge in [-0.1, -0.05) is 24.3 Å². The van der Waals surface area contributed by atoms with E-state index in [-0.39, 0.29) is 11.7 Å². The maximum Gasteiger partial charge on any atom is 0.259 e. The molecule has 27 heavy (non-hydrogen) atoms. The summed E-state index contributed by atoms with van der Waals surface area (Å²) in [6, 6.07) is 19.1. The van der Waals surface area contributed by atoms with E-state index in [4.69, 9.17) is 9.15 Å². The van der Waals surface area contributed by atoms with Crippen LogP contribution in [0.5, 0.6) is 11.5 Å². The Hall–Kier alpha value is -3.80. The maximum atomic E-state index is 12.5. The number of phenolic OH excluding ortho intramolecular Hbond substituents is 1. The van der Waals surface area contributed by atoms with Gasteiger partial charge in [0.05, 0.1) is 18.2 Å². The second kappa shape index (κ2) is 6.84. The van der Waals surface area contributed by atoms with Gasteiger partial charge >= 0.3 is 0 Å². The fourth-order valence-corrected chi connectivity index (χ4v) is 2.81. The number of oxazole rings is 1. The van der Waals surface area contributed by atoms with Crippen LogP contribution in [0.2, 0.25) is 0 Å². The highest BCUT2D eigenvalue weighted by Crippen LogP contribution is 2.33. The van der Waals surface area contributed by atoms with E-state index < -0.39 is 0 Å². The average Bonchev–Trinajstić information content (AvgIpc) is 3.11. The van der Waals surface area contributed by atoms with Gasteiger partial charge in [-0.15, -0.1) is 0 Å². The quantitative estimate of drug-likeness (QED) is 0.561. The van der Waals surface area contributed by atoms with Crippen LogP contribution in [0.1, 0.15) is 10.4 Å². The second-order valence-electron chi connectivity index (χ2n) is 5.87. The Bertz CT molecular complexity index is 1100. The molecular weight excluding hydrogens is 344 g/mol. The van der Waals surface area contributed by atoms with Crippen molar-refractivity contribution in [1.29, 1.82) is 0 Å². The summed E-state index contributed by atoms with van der Waals surface area (Å²) in [7, 11) is 1.51. The Kier molecular flexibility index (Phi) is 4.22. The molecule has 2 N–H and O–H groups in total. The van der Waals surface area contributed by atoms with Crippen LogP contribution in [0.25, 0.3) is 22.6 Å². The van der Waals surface area contributed by atoms with Crippen molar-refractivity contribution in [2.75, 3.05) is 12.4 Å². The minimum Gasteiger partial charge on any atom is -0.507 e. The number of nitrogens with one attached hydrogen (secondary N) is 1. The summed E-state index contributed by atoms with van der Waals surface area (Å²) in [6.45, 7) is 0. The summed E-state index contributed by atoms with van der Waals surface area (Å²) >= 11 is 0. The van der Waals surface area contributed by atoms with E-state index in [1.807, 2.05) is 24.3 Å².